The molecule has 1 aliphatic rings. The SMILES string of the molecule is Cc1cccc(Cn2c(C)c(N3CCOCC3)c(C)c2C(=O)NC(C)c2ccccc2)c1. The second-order valence-electron chi connectivity index (χ2n) is 8.69. The molecule has 3 aromatic rings. The van der Waals surface area contributed by atoms with Crippen LogP contribution in [0.1, 0.15) is 51.4 Å². The van der Waals surface area contributed by atoms with Crippen LogP contribution in [-0.4, -0.2) is 36.8 Å². The van der Waals surface area contributed by atoms with Crippen LogP contribution < -0.4 is 10.2 Å². The molecular formula is C27H33N3O2. The smallest absolute Gasteiger partial charge is 0.268 e. The van der Waals surface area contributed by atoms with E-state index >= 15 is 0 Å². The Bertz CT molecular complexity index is 1080. The molecule has 4 rings (SSSR count). The Morgan fingerprint density at radius 3 is 2.44 bits per heavy atom. The number of nitrogens with zero attached hydrogens (tertiary/aromatic N) is 2. The molecule has 5 nitrogen and oxygen atoms in total. The molecule has 1 amide bonds. The number of rotatable bonds is 6. The fourth-order valence-electron chi connectivity index (χ4n) is 4.71. The summed E-state index contributed by atoms with van der Waals surface area (Å²) in [5, 5.41) is 3.23. The van der Waals surface area contributed by atoms with Gasteiger partial charge in [-0.1, -0.05) is 60.2 Å². The van der Waals surface area contributed by atoms with Crippen LogP contribution in [0, 0.1) is 20.8 Å². The fourth-order valence-corrected chi connectivity index (χ4v) is 4.71. The average molecular weight is 432 g/mol. The van der Waals surface area contributed by atoms with Crippen molar-refractivity contribution in [1.29, 1.82) is 0 Å². The van der Waals surface area contributed by atoms with Crippen LogP contribution in [0.25, 0.3) is 0 Å². The molecule has 1 unspecified atom stereocenters. The normalized spacial score (nSPS) is 14.9. The topological polar surface area (TPSA) is 46.5 Å². The summed E-state index contributed by atoms with van der Waals surface area (Å²) in [6.07, 6.45) is 0. The summed E-state index contributed by atoms with van der Waals surface area (Å²) in [5.41, 5.74) is 7.59. The van der Waals surface area contributed by atoms with Crippen molar-refractivity contribution in [3.8, 4) is 0 Å². The van der Waals surface area contributed by atoms with Crippen molar-refractivity contribution in [2.24, 2.45) is 0 Å². The number of nitrogens with one attached hydrogen (secondary N) is 1. The molecule has 0 radical (unpaired) electrons. The van der Waals surface area contributed by atoms with Gasteiger partial charge in [0.15, 0.2) is 0 Å². The number of hydrogen-bond acceptors (Lipinski definition) is 3. The molecule has 168 valence electrons. The highest BCUT2D eigenvalue weighted by atomic mass is 16.5. The van der Waals surface area contributed by atoms with Crippen molar-refractivity contribution in [2.75, 3.05) is 31.2 Å². The molecule has 2 heterocycles. The predicted molar refractivity (Wildman–Crippen MR) is 130 cm³/mol. The second-order valence-corrected chi connectivity index (χ2v) is 8.69. The van der Waals surface area contributed by atoms with E-state index in [0.717, 1.165) is 35.6 Å². The summed E-state index contributed by atoms with van der Waals surface area (Å²) in [7, 11) is 0. The third-order valence-electron chi connectivity index (χ3n) is 6.34. The van der Waals surface area contributed by atoms with Gasteiger partial charge < -0.3 is 19.5 Å². The van der Waals surface area contributed by atoms with E-state index in [9.17, 15) is 4.79 Å². The number of aromatic nitrogens is 1. The first-order chi connectivity index (χ1) is 15.5. The fraction of sp³-hybridized carbons (Fsp3) is 0.370. The highest BCUT2D eigenvalue weighted by molar-refractivity contribution is 5.97. The second kappa shape index (κ2) is 9.61. The van der Waals surface area contributed by atoms with Crippen LogP contribution in [0.3, 0.4) is 0 Å². The largest absolute Gasteiger partial charge is 0.378 e. The zero-order valence-electron chi connectivity index (χ0n) is 19.5. The van der Waals surface area contributed by atoms with Gasteiger partial charge in [0.05, 0.1) is 24.9 Å². The molecule has 0 aliphatic carbocycles. The number of benzene rings is 2. The number of hydrogen-bond donors (Lipinski definition) is 1. The lowest BCUT2D eigenvalue weighted by Gasteiger charge is -2.29. The maximum atomic E-state index is 13.6. The Hall–Kier alpha value is -3.05. The van der Waals surface area contributed by atoms with E-state index in [-0.39, 0.29) is 11.9 Å². The maximum Gasteiger partial charge on any atom is 0.268 e. The van der Waals surface area contributed by atoms with Gasteiger partial charge in [0, 0.05) is 30.9 Å². The Balaban J connectivity index is 1.72. The van der Waals surface area contributed by atoms with E-state index in [1.165, 1.54) is 16.8 Å². The maximum absolute atomic E-state index is 13.6. The number of ether oxygens (including phenoxy) is 1. The van der Waals surface area contributed by atoms with Gasteiger partial charge in [0.25, 0.3) is 5.91 Å². The molecule has 5 heteroatoms. The molecule has 1 saturated heterocycles. The first kappa shape index (κ1) is 22.2. The first-order valence-electron chi connectivity index (χ1n) is 11.4. The highest BCUT2D eigenvalue weighted by Gasteiger charge is 2.27. The zero-order chi connectivity index (χ0) is 22.7. The summed E-state index contributed by atoms with van der Waals surface area (Å²) in [4.78, 5) is 16.0. The summed E-state index contributed by atoms with van der Waals surface area (Å²) in [6.45, 7) is 12.1. The van der Waals surface area contributed by atoms with Gasteiger partial charge in [-0.25, -0.2) is 0 Å². The molecular weight excluding hydrogens is 398 g/mol. The van der Waals surface area contributed by atoms with E-state index in [1.54, 1.807) is 0 Å². The van der Waals surface area contributed by atoms with Crippen LogP contribution in [-0.2, 0) is 11.3 Å². The minimum Gasteiger partial charge on any atom is -0.378 e. The van der Waals surface area contributed by atoms with Crippen molar-refractivity contribution in [2.45, 2.75) is 40.3 Å². The van der Waals surface area contributed by atoms with Crippen molar-refractivity contribution < 1.29 is 9.53 Å². The van der Waals surface area contributed by atoms with Gasteiger partial charge in [0.1, 0.15) is 5.69 Å². The van der Waals surface area contributed by atoms with E-state index < -0.39 is 0 Å². The Labute approximate surface area is 191 Å². The van der Waals surface area contributed by atoms with Gasteiger partial charge in [-0.15, -0.1) is 0 Å². The quantitative estimate of drug-likeness (QED) is 0.610. The van der Waals surface area contributed by atoms with Crippen LogP contribution in [0.4, 0.5) is 5.69 Å². The molecule has 32 heavy (non-hydrogen) atoms. The molecule has 0 bridgehead atoms. The molecule has 1 aliphatic heterocycles. The molecule has 1 atom stereocenters. The van der Waals surface area contributed by atoms with Crippen LogP contribution >= 0.6 is 0 Å². The third kappa shape index (κ3) is 4.58. The van der Waals surface area contributed by atoms with E-state index in [2.05, 4.69) is 59.8 Å². The summed E-state index contributed by atoms with van der Waals surface area (Å²) in [6, 6.07) is 18.5. The summed E-state index contributed by atoms with van der Waals surface area (Å²) in [5.74, 6) is -0.0332. The van der Waals surface area contributed by atoms with E-state index in [0.29, 0.717) is 19.8 Å². The Kier molecular flexibility index (Phi) is 6.66. The van der Waals surface area contributed by atoms with Gasteiger partial charge >= 0.3 is 0 Å². The standard InChI is InChI=1S/C27H33N3O2/c1-19-9-8-10-23(17-19)18-30-22(4)25(29-13-15-32-16-14-29)20(2)26(30)27(31)28-21(3)24-11-6-5-7-12-24/h5-12,17,21H,13-16,18H2,1-4H3,(H,28,31). The minimum absolute atomic E-state index is 0.0332. The number of amides is 1. The molecule has 0 saturated carbocycles. The number of aryl methyl sites for hydroxylation is 1. The number of morpholine rings is 1. The zero-order valence-corrected chi connectivity index (χ0v) is 19.5. The van der Waals surface area contributed by atoms with Gasteiger partial charge in [-0.2, -0.15) is 0 Å². The number of anilines is 1. The summed E-state index contributed by atoms with van der Waals surface area (Å²) < 4.78 is 7.75. The van der Waals surface area contributed by atoms with Gasteiger partial charge in [0.2, 0.25) is 0 Å². The van der Waals surface area contributed by atoms with Crippen LogP contribution in [0.15, 0.2) is 54.6 Å². The monoisotopic (exact) mass is 431 g/mol. The van der Waals surface area contributed by atoms with Crippen LogP contribution in [0.5, 0.6) is 0 Å². The lowest BCUT2D eigenvalue weighted by Crippen LogP contribution is -2.36. The Morgan fingerprint density at radius 1 is 1.03 bits per heavy atom. The molecule has 2 aromatic carbocycles. The number of carbonyl (C=O) groups excluding carboxylic acids is 1. The van der Waals surface area contributed by atoms with Crippen molar-refractivity contribution in [3.63, 3.8) is 0 Å². The number of carbonyl (C=O) groups is 1. The highest BCUT2D eigenvalue weighted by Crippen LogP contribution is 2.32. The average Bonchev–Trinajstić information content (AvgIpc) is 3.04. The predicted octanol–water partition coefficient (Wildman–Crippen LogP) is 4.79. The van der Waals surface area contributed by atoms with Gasteiger partial charge in [-0.05, 0) is 38.8 Å². The van der Waals surface area contributed by atoms with Crippen molar-refractivity contribution in [3.05, 3.63) is 88.2 Å². The van der Waals surface area contributed by atoms with E-state index in [4.69, 9.17) is 4.74 Å². The van der Waals surface area contributed by atoms with E-state index in [1.807, 2.05) is 37.3 Å². The summed E-state index contributed by atoms with van der Waals surface area (Å²) >= 11 is 0. The lowest BCUT2D eigenvalue weighted by molar-refractivity contribution is 0.0930. The van der Waals surface area contributed by atoms with Crippen molar-refractivity contribution in [1.82, 2.24) is 9.88 Å². The van der Waals surface area contributed by atoms with Crippen LogP contribution in [0.2, 0.25) is 0 Å². The Morgan fingerprint density at radius 2 is 1.75 bits per heavy atom. The lowest BCUT2D eigenvalue weighted by atomic mass is 10.1. The molecule has 1 fully saturated rings. The molecule has 0 spiro atoms. The molecule has 1 N–H and O–H groups in total. The van der Waals surface area contributed by atoms with Crippen molar-refractivity contribution >= 4 is 11.6 Å². The first-order valence-corrected chi connectivity index (χ1v) is 11.4. The van der Waals surface area contributed by atoms with Gasteiger partial charge in [-0.3, -0.25) is 4.79 Å². The third-order valence-corrected chi connectivity index (χ3v) is 6.34. The molecule has 1 aromatic heterocycles. The minimum atomic E-state index is -0.0717.